The predicted molar refractivity (Wildman–Crippen MR) is 69.1 cm³/mol. The maximum atomic E-state index is 11.0. The summed E-state index contributed by atoms with van der Waals surface area (Å²) in [4.78, 5) is 11.0. The minimum Gasteiger partial charge on any atom is -0.382 e. The minimum absolute atomic E-state index is 0.105. The van der Waals surface area contributed by atoms with Gasteiger partial charge in [-0.25, -0.2) is 0 Å². The summed E-state index contributed by atoms with van der Waals surface area (Å²) in [5, 5.41) is 0. The lowest BCUT2D eigenvalue weighted by Gasteiger charge is -2.24. The van der Waals surface area contributed by atoms with Crippen LogP contribution in [0.5, 0.6) is 0 Å². The summed E-state index contributed by atoms with van der Waals surface area (Å²) in [7, 11) is 1.64. The van der Waals surface area contributed by atoms with E-state index in [9.17, 15) is 4.79 Å². The van der Waals surface area contributed by atoms with Crippen molar-refractivity contribution in [3.05, 3.63) is 0 Å². The molecule has 0 aromatic rings. The Bertz CT molecular complexity index is 234. The van der Waals surface area contributed by atoms with Crippen LogP contribution in [0.4, 0.5) is 0 Å². The van der Waals surface area contributed by atoms with Crippen LogP contribution < -0.4 is 11.5 Å². The molecule has 0 fully saturated rings. The summed E-state index contributed by atoms with van der Waals surface area (Å²) in [6.07, 6.45) is 1.10. The summed E-state index contributed by atoms with van der Waals surface area (Å²) in [5.41, 5.74) is 9.92. The molecule has 6 heteroatoms. The molecule has 108 valence electrons. The molecule has 2 atom stereocenters. The molecule has 0 saturated heterocycles. The van der Waals surface area contributed by atoms with E-state index in [2.05, 4.69) is 0 Å². The van der Waals surface area contributed by atoms with Crippen LogP contribution in [0.15, 0.2) is 0 Å². The standard InChI is InChI=1S/C12H26N2O4/c1-10(9-12(2,14)11(13)15)18-6-4-5-17-8-7-16-3/h10H,4-9,14H2,1-3H3,(H2,13,15). The second-order valence-corrected chi connectivity index (χ2v) is 4.63. The Balaban J connectivity index is 3.54. The highest BCUT2D eigenvalue weighted by Gasteiger charge is 2.28. The summed E-state index contributed by atoms with van der Waals surface area (Å²) in [6.45, 7) is 5.88. The lowest BCUT2D eigenvalue weighted by Crippen LogP contribution is -2.51. The summed E-state index contributed by atoms with van der Waals surface area (Å²) in [6, 6.07) is 0. The number of carbonyl (C=O) groups excluding carboxylic acids is 1. The molecule has 0 aliphatic carbocycles. The largest absolute Gasteiger partial charge is 0.382 e. The van der Waals surface area contributed by atoms with Crippen molar-refractivity contribution >= 4 is 5.91 Å². The summed E-state index contributed by atoms with van der Waals surface area (Å²) in [5.74, 6) is -0.513. The van der Waals surface area contributed by atoms with Gasteiger partial charge in [-0.05, 0) is 26.7 Å². The van der Waals surface area contributed by atoms with E-state index in [0.717, 1.165) is 6.42 Å². The fraction of sp³-hybridized carbons (Fsp3) is 0.917. The van der Waals surface area contributed by atoms with Crippen molar-refractivity contribution in [2.75, 3.05) is 33.5 Å². The molecule has 0 aromatic carbocycles. The van der Waals surface area contributed by atoms with Gasteiger partial charge in [-0.2, -0.15) is 0 Å². The van der Waals surface area contributed by atoms with Crippen LogP contribution in [0, 0.1) is 0 Å². The van der Waals surface area contributed by atoms with E-state index in [4.69, 9.17) is 25.7 Å². The third-order valence-corrected chi connectivity index (χ3v) is 2.54. The molecular weight excluding hydrogens is 236 g/mol. The Kier molecular flexibility index (Phi) is 8.91. The number of hydrogen-bond acceptors (Lipinski definition) is 5. The van der Waals surface area contributed by atoms with Crippen molar-refractivity contribution in [3.63, 3.8) is 0 Å². The monoisotopic (exact) mass is 262 g/mol. The first-order valence-corrected chi connectivity index (χ1v) is 6.17. The molecule has 0 spiro atoms. The van der Waals surface area contributed by atoms with Gasteiger partial charge in [-0.15, -0.1) is 0 Å². The van der Waals surface area contributed by atoms with Crippen molar-refractivity contribution < 1.29 is 19.0 Å². The van der Waals surface area contributed by atoms with Crippen molar-refractivity contribution in [1.82, 2.24) is 0 Å². The van der Waals surface area contributed by atoms with Gasteiger partial charge in [0.15, 0.2) is 0 Å². The van der Waals surface area contributed by atoms with Crippen LogP contribution in [-0.4, -0.2) is 51.1 Å². The number of rotatable bonds is 11. The van der Waals surface area contributed by atoms with Crippen molar-refractivity contribution in [2.45, 2.75) is 38.3 Å². The third-order valence-electron chi connectivity index (χ3n) is 2.54. The van der Waals surface area contributed by atoms with E-state index < -0.39 is 11.4 Å². The van der Waals surface area contributed by atoms with E-state index in [0.29, 0.717) is 32.8 Å². The Hall–Kier alpha value is -0.690. The van der Waals surface area contributed by atoms with Crippen LogP contribution >= 0.6 is 0 Å². The summed E-state index contributed by atoms with van der Waals surface area (Å²) >= 11 is 0. The molecule has 0 bridgehead atoms. The average molecular weight is 262 g/mol. The lowest BCUT2D eigenvalue weighted by atomic mass is 9.95. The Morgan fingerprint density at radius 3 is 2.50 bits per heavy atom. The van der Waals surface area contributed by atoms with Crippen molar-refractivity contribution in [1.29, 1.82) is 0 Å². The maximum Gasteiger partial charge on any atom is 0.237 e. The fourth-order valence-corrected chi connectivity index (χ4v) is 1.45. The molecule has 18 heavy (non-hydrogen) atoms. The second kappa shape index (κ2) is 9.27. The topological polar surface area (TPSA) is 96.8 Å². The molecule has 0 heterocycles. The molecular formula is C12H26N2O4. The predicted octanol–water partition coefficient (Wildman–Crippen LogP) is 0.0374. The molecule has 0 aliphatic rings. The van der Waals surface area contributed by atoms with E-state index in [1.54, 1.807) is 14.0 Å². The quantitative estimate of drug-likeness (QED) is 0.512. The number of hydrogen-bond donors (Lipinski definition) is 2. The Morgan fingerprint density at radius 2 is 1.94 bits per heavy atom. The molecule has 2 unspecified atom stereocenters. The smallest absolute Gasteiger partial charge is 0.237 e. The molecule has 0 radical (unpaired) electrons. The van der Waals surface area contributed by atoms with Gasteiger partial charge in [-0.3, -0.25) is 4.79 Å². The Morgan fingerprint density at radius 1 is 1.28 bits per heavy atom. The van der Waals surface area contributed by atoms with Crippen LogP contribution in [0.2, 0.25) is 0 Å². The highest BCUT2D eigenvalue weighted by Crippen LogP contribution is 2.11. The van der Waals surface area contributed by atoms with Gasteiger partial charge in [-0.1, -0.05) is 0 Å². The molecule has 0 rings (SSSR count). The maximum absolute atomic E-state index is 11.0. The van der Waals surface area contributed by atoms with Gasteiger partial charge in [0.1, 0.15) is 0 Å². The van der Waals surface area contributed by atoms with Gasteiger partial charge in [0, 0.05) is 20.3 Å². The average Bonchev–Trinajstić information content (AvgIpc) is 2.27. The zero-order valence-electron chi connectivity index (χ0n) is 11.6. The Labute approximate surface area is 109 Å². The molecule has 0 aliphatic heterocycles. The zero-order chi connectivity index (χ0) is 14.0. The van der Waals surface area contributed by atoms with E-state index in [-0.39, 0.29) is 6.10 Å². The molecule has 4 N–H and O–H groups in total. The number of ether oxygens (including phenoxy) is 3. The SMILES string of the molecule is COCCOCCCOC(C)CC(C)(N)C(N)=O. The van der Waals surface area contributed by atoms with Crippen LogP contribution in [-0.2, 0) is 19.0 Å². The van der Waals surface area contributed by atoms with E-state index in [1.807, 2.05) is 6.92 Å². The zero-order valence-corrected chi connectivity index (χ0v) is 11.6. The first-order valence-electron chi connectivity index (χ1n) is 6.17. The summed E-state index contributed by atoms with van der Waals surface area (Å²) < 4.78 is 15.7. The van der Waals surface area contributed by atoms with Crippen LogP contribution in [0.3, 0.4) is 0 Å². The first kappa shape index (κ1) is 17.3. The molecule has 0 saturated carbocycles. The third kappa shape index (κ3) is 8.41. The molecule has 6 nitrogen and oxygen atoms in total. The fourth-order valence-electron chi connectivity index (χ4n) is 1.45. The number of methoxy groups -OCH3 is 1. The highest BCUT2D eigenvalue weighted by molar-refractivity contribution is 5.83. The second-order valence-electron chi connectivity index (χ2n) is 4.63. The van der Waals surface area contributed by atoms with Gasteiger partial charge in [0.05, 0.1) is 24.9 Å². The van der Waals surface area contributed by atoms with Crippen LogP contribution in [0.1, 0.15) is 26.7 Å². The first-order chi connectivity index (χ1) is 8.40. The van der Waals surface area contributed by atoms with Gasteiger partial charge in [0.2, 0.25) is 5.91 Å². The van der Waals surface area contributed by atoms with Gasteiger partial charge < -0.3 is 25.7 Å². The highest BCUT2D eigenvalue weighted by atomic mass is 16.5. The number of nitrogens with two attached hydrogens (primary N) is 2. The van der Waals surface area contributed by atoms with Gasteiger partial charge in [0.25, 0.3) is 0 Å². The van der Waals surface area contributed by atoms with E-state index >= 15 is 0 Å². The van der Waals surface area contributed by atoms with Crippen molar-refractivity contribution in [2.24, 2.45) is 11.5 Å². The normalized spacial score (nSPS) is 16.2. The minimum atomic E-state index is -1.02. The number of carbonyl (C=O) groups is 1. The van der Waals surface area contributed by atoms with Crippen molar-refractivity contribution in [3.8, 4) is 0 Å². The lowest BCUT2D eigenvalue weighted by molar-refractivity contribution is -0.124. The van der Waals surface area contributed by atoms with E-state index in [1.165, 1.54) is 0 Å². The number of amides is 1. The van der Waals surface area contributed by atoms with Gasteiger partial charge >= 0.3 is 0 Å². The molecule has 1 amide bonds. The van der Waals surface area contributed by atoms with Crippen LogP contribution in [0.25, 0.3) is 0 Å². The number of primary amides is 1. The molecule has 0 aromatic heterocycles.